The van der Waals surface area contributed by atoms with Gasteiger partial charge in [-0.1, -0.05) is 31.4 Å². The molecule has 1 aromatic rings. The third kappa shape index (κ3) is 5.37. The average molecular weight is 374 g/mol. The number of carbonyl (C=O) groups excluding carboxylic acids is 2. The molecule has 1 saturated heterocycles. The van der Waals surface area contributed by atoms with Gasteiger partial charge in [0.1, 0.15) is 5.75 Å². The van der Waals surface area contributed by atoms with E-state index in [1.807, 2.05) is 17.0 Å². The number of likely N-dealkylation sites (tertiary alicyclic amines) is 1. The highest BCUT2D eigenvalue weighted by Crippen LogP contribution is 2.28. The summed E-state index contributed by atoms with van der Waals surface area (Å²) in [5, 5.41) is 2.72. The summed E-state index contributed by atoms with van der Waals surface area (Å²) in [5.41, 5.74) is 0.595. The number of rotatable bonds is 5. The Morgan fingerprint density at radius 2 is 1.78 bits per heavy atom. The molecule has 1 saturated carbocycles. The lowest BCUT2D eigenvalue weighted by Gasteiger charge is -2.35. The molecular formula is C21H30N2O4. The van der Waals surface area contributed by atoms with Gasteiger partial charge in [-0.3, -0.25) is 10.1 Å². The van der Waals surface area contributed by atoms with E-state index in [0.717, 1.165) is 38.8 Å². The van der Waals surface area contributed by atoms with Crippen LogP contribution >= 0.6 is 0 Å². The Hall–Kier alpha value is -2.24. The fourth-order valence-corrected chi connectivity index (χ4v) is 4.02. The average Bonchev–Trinajstić information content (AvgIpc) is 2.73. The number of amides is 2. The molecule has 0 unspecified atom stereocenters. The van der Waals surface area contributed by atoms with Gasteiger partial charge in [0, 0.05) is 19.0 Å². The molecule has 6 heteroatoms. The largest absolute Gasteiger partial charge is 0.495 e. The number of methoxy groups -OCH3 is 1. The molecule has 148 valence electrons. The van der Waals surface area contributed by atoms with Crippen LogP contribution in [0.5, 0.6) is 5.75 Å². The molecule has 3 rings (SSSR count). The molecule has 27 heavy (non-hydrogen) atoms. The highest BCUT2D eigenvalue weighted by atomic mass is 16.5. The van der Waals surface area contributed by atoms with Gasteiger partial charge in [0.25, 0.3) is 0 Å². The zero-order valence-corrected chi connectivity index (χ0v) is 16.1. The van der Waals surface area contributed by atoms with Gasteiger partial charge in [-0.25, -0.2) is 4.79 Å². The van der Waals surface area contributed by atoms with Crippen molar-refractivity contribution in [3.05, 3.63) is 24.3 Å². The molecule has 0 radical (unpaired) electrons. The van der Waals surface area contributed by atoms with E-state index in [1.54, 1.807) is 19.2 Å². The third-order valence-electron chi connectivity index (χ3n) is 5.67. The van der Waals surface area contributed by atoms with Crippen LogP contribution in [0.2, 0.25) is 0 Å². The van der Waals surface area contributed by atoms with Gasteiger partial charge in [-0.15, -0.1) is 0 Å². The monoisotopic (exact) mass is 374 g/mol. The predicted molar refractivity (Wildman–Crippen MR) is 104 cm³/mol. The summed E-state index contributed by atoms with van der Waals surface area (Å²) < 4.78 is 10.6. The van der Waals surface area contributed by atoms with E-state index in [1.165, 1.54) is 19.3 Å². The van der Waals surface area contributed by atoms with Gasteiger partial charge in [0.2, 0.25) is 5.91 Å². The second-order valence-electron chi connectivity index (χ2n) is 7.53. The lowest BCUT2D eigenvalue weighted by Crippen LogP contribution is -2.43. The number of hydrogen-bond donors (Lipinski definition) is 1. The SMILES string of the molecule is COc1ccccc1NC(=O)OCC1CCN(C(=O)C2CCCCC2)CC1. The van der Waals surface area contributed by atoms with Crippen LogP contribution in [0.15, 0.2) is 24.3 Å². The fraction of sp³-hybridized carbons (Fsp3) is 0.619. The summed E-state index contributed by atoms with van der Waals surface area (Å²) in [4.78, 5) is 26.7. The Kier molecular flexibility index (Phi) is 6.96. The smallest absolute Gasteiger partial charge is 0.411 e. The van der Waals surface area contributed by atoms with Crippen molar-refractivity contribution < 1.29 is 19.1 Å². The summed E-state index contributed by atoms with van der Waals surface area (Å²) in [5.74, 6) is 1.48. The highest BCUT2D eigenvalue weighted by Gasteiger charge is 2.29. The predicted octanol–water partition coefficient (Wildman–Crippen LogP) is 4.06. The van der Waals surface area contributed by atoms with E-state index in [0.29, 0.717) is 29.9 Å². The first-order chi connectivity index (χ1) is 13.2. The number of piperidine rings is 1. The molecular weight excluding hydrogens is 344 g/mol. The van der Waals surface area contributed by atoms with Crippen molar-refractivity contribution in [2.75, 3.05) is 32.1 Å². The molecule has 0 atom stereocenters. The van der Waals surface area contributed by atoms with E-state index in [-0.39, 0.29) is 5.92 Å². The van der Waals surface area contributed by atoms with Crippen molar-refractivity contribution >= 4 is 17.7 Å². The Bertz CT molecular complexity index is 635. The summed E-state index contributed by atoms with van der Waals surface area (Å²) in [6, 6.07) is 7.24. The van der Waals surface area contributed by atoms with Crippen molar-refractivity contribution in [2.24, 2.45) is 11.8 Å². The standard InChI is InChI=1S/C21H30N2O4/c1-26-19-10-6-5-9-18(19)22-21(25)27-15-16-11-13-23(14-12-16)20(24)17-7-3-2-4-8-17/h5-6,9-10,16-17H,2-4,7-8,11-15H2,1H3,(H,22,25). The van der Waals surface area contributed by atoms with Crippen molar-refractivity contribution in [1.29, 1.82) is 0 Å². The molecule has 0 spiro atoms. The van der Waals surface area contributed by atoms with Gasteiger partial charge in [0.05, 0.1) is 19.4 Å². The number of nitrogens with one attached hydrogen (secondary N) is 1. The molecule has 6 nitrogen and oxygen atoms in total. The molecule has 2 fully saturated rings. The van der Waals surface area contributed by atoms with Crippen LogP contribution in [0, 0.1) is 11.8 Å². The Morgan fingerprint density at radius 1 is 1.07 bits per heavy atom. The van der Waals surface area contributed by atoms with Crippen molar-refractivity contribution in [3.8, 4) is 5.75 Å². The van der Waals surface area contributed by atoms with E-state index in [4.69, 9.17) is 9.47 Å². The summed E-state index contributed by atoms with van der Waals surface area (Å²) in [6.07, 6.45) is 7.03. The zero-order chi connectivity index (χ0) is 19.1. The summed E-state index contributed by atoms with van der Waals surface area (Å²) in [7, 11) is 1.56. The second-order valence-corrected chi connectivity index (χ2v) is 7.53. The number of para-hydroxylation sites is 2. The van der Waals surface area contributed by atoms with Gasteiger partial charge in [0.15, 0.2) is 0 Å². The van der Waals surface area contributed by atoms with Crippen LogP contribution in [0.3, 0.4) is 0 Å². The van der Waals surface area contributed by atoms with Crippen molar-refractivity contribution in [3.63, 3.8) is 0 Å². The fourth-order valence-electron chi connectivity index (χ4n) is 4.02. The Morgan fingerprint density at radius 3 is 2.48 bits per heavy atom. The minimum Gasteiger partial charge on any atom is -0.495 e. The first-order valence-electron chi connectivity index (χ1n) is 10.0. The lowest BCUT2D eigenvalue weighted by atomic mass is 9.87. The van der Waals surface area contributed by atoms with Crippen LogP contribution in [-0.4, -0.2) is 43.7 Å². The van der Waals surface area contributed by atoms with E-state index in [9.17, 15) is 9.59 Å². The maximum absolute atomic E-state index is 12.6. The molecule has 1 aliphatic carbocycles. The maximum Gasteiger partial charge on any atom is 0.411 e. The van der Waals surface area contributed by atoms with Crippen LogP contribution in [-0.2, 0) is 9.53 Å². The molecule has 2 aliphatic rings. The van der Waals surface area contributed by atoms with Crippen LogP contribution in [0.25, 0.3) is 0 Å². The number of nitrogens with zero attached hydrogens (tertiary/aromatic N) is 1. The number of carbonyl (C=O) groups is 2. The number of hydrogen-bond acceptors (Lipinski definition) is 4. The van der Waals surface area contributed by atoms with Crippen LogP contribution in [0.4, 0.5) is 10.5 Å². The van der Waals surface area contributed by atoms with E-state index in [2.05, 4.69) is 5.32 Å². The second kappa shape index (κ2) is 9.62. The van der Waals surface area contributed by atoms with E-state index < -0.39 is 6.09 Å². The third-order valence-corrected chi connectivity index (χ3v) is 5.67. The van der Waals surface area contributed by atoms with Crippen molar-refractivity contribution in [1.82, 2.24) is 4.90 Å². The molecule has 1 N–H and O–H groups in total. The quantitative estimate of drug-likeness (QED) is 0.844. The van der Waals surface area contributed by atoms with Crippen molar-refractivity contribution in [2.45, 2.75) is 44.9 Å². The summed E-state index contributed by atoms with van der Waals surface area (Å²) >= 11 is 0. The molecule has 2 amide bonds. The summed E-state index contributed by atoms with van der Waals surface area (Å²) in [6.45, 7) is 1.93. The topological polar surface area (TPSA) is 67.9 Å². The minimum absolute atomic E-state index is 0.234. The number of anilines is 1. The first kappa shape index (κ1) is 19.5. The molecule has 1 aromatic carbocycles. The van der Waals surface area contributed by atoms with Crippen LogP contribution in [0.1, 0.15) is 44.9 Å². The molecule has 0 bridgehead atoms. The molecule has 1 heterocycles. The van der Waals surface area contributed by atoms with Gasteiger partial charge < -0.3 is 14.4 Å². The van der Waals surface area contributed by atoms with Gasteiger partial charge in [-0.2, -0.15) is 0 Å². The Labute approximate surface area is 161 Å². The van der Waals surface area contributed by atoms with Gasteiger partial charge in [-0.05, 0) is 43.7 Å². The normalized spacial score (nSPS) is 18.8. The highest BCUT2D eigenvalue weighted by molar-refractivity contribution is 5.86. The molecule has 0 aromatic heterocycles. The lowest BCUT2D eigenvalue weighted by molar-refractivity contribution is -0.138. The minimum atomic E-state index is -0.472. The maximum atomic E-state index is 12.6. The number of benzene rings is 1. The van der Waals surface area contributed by atoms with E-state index >= 15 is 0 Å². The number of ether oxygens (including phenoxy) is 2. The molecule has 1 aliphatic heterocycles. The van der Waals surface area contributed by atoms with Gasteiger partial charge >= 0.3 is 6.09 Å². The van der Waals surface area contributed by atoms with Crippen LogP contribution < -0.4 is 10.1 Å². The Balaban J connectivity index is 1.39. The first-order valence-corrected chi connectivity index (χ1v) is 10.0. The zero-order valence-electron chi connectivity index (χ0n) is 16.1.